The summed E-state index contributed by atoms with van der Waals surface area (Å²) in [5.41, 5.74) is 0. The van der Waals surface area contributed by atoms with Crippen LogP contribution in [0.3, 0.4) is 0 Å². The highest BCUT2D eigenvalue weighted by Gasteiger charge is 2.37. The van der Waals surface area contributed by atoms with Crippen LogP contribution in [-0.2, 0) is 22.4 Å². The second-order valence-corrected chi connectivity index (χ2v) is 11.0. The molecule has 0 fully saturated rings. The molecule has 0 radical (unpaired) electrons. The molecule has 19 heavy (non-hydrogen) atoms. The average molecular weight is 285 g/mol. The number of carboxylic acids is 1. The molecule has 6 nitrogen and oxygen atoms in total. The molecule has 1 N–H and O–H groups in total. The molecule has 0 bridgehead atoms. The van der Waals surface area contributed by atoms with E-state index in [1.54, 1.807) is 6.92 Å². The minimum atomic E-state index is -1.83. The third kappa shape index (κ3) is 4.14. The van der Waals surface area contributed by atoms with E-state index in [1.807, 2.05) is 0 Å². The average Bonchev–Trinajstić information content (AvgIpc) is 2.54. The summed E-state index contributed by atoms with van der Waals surface area (Å²) in [6.07, 6.45) is 0. The van der Waals surface area contributed by atoms with Crippen LogP contribution in [0.1, 0.15) is 32.4 Å². The molecule has 1 rings (SSSR count). The summed E-state index contributed by atoms with van der Waals surface area (Å²) in [5.74, 6) is 0.213. The smallest absolute Gasteiger partial charge is 0.325 e. The normalized spacial score (nSPS) is 12.7. The molecule has 0 aliphatic rings. The number of nitrogens with zero attached hydrogens (tertiary/aromatic N) is 3. The van der Waals surface area contributed by atoms with Gasteiger partial charge >= 0.3 is 5.97 Å². The first-order chi connectivity index (χ1) is 8.53. The third-order valence-corrected chi connectivity index (χ3v) is 8.03. The Morgan fingerprint density at radius 3 is 2.47 bits per heavy atom. The Hall–Kier alpha value is -1.21. The number of aromatic nitrogens is 3. The minimum absolute atomic E-state index is 0.131. The van der Waals surface area contributed by atoms with E-state index in [4.69, 9.17) is 9.53 Å². The fraction of sp³-hybridized carbons (Fsp3) is 0.750. The standard InChI is InChI=1S/C12H23N3O3Si/c1-9-13-10(14-15(9)7-11(16)17)8-18-19(5,6)12(2,3)4/h7-8H2,1-6H3,(H,16,17). The van der Waals surface area contributed by atoms with Gasteiger partial charge in [0.25, 0.3) is 0 Å². The maximum absolute atomic E-state index is 10.7. The third-order valence-electron chi connectivity index (χ3n) is 3.55. The van der Waals surface area contributed by atoms with Crippen molar-refractivity contribution in [3.05, 3.63) is 11.6 Å². The van der Waals surface area contributed by atoms with Crippen LogP contribution in [0, 0.1) is 6.92 Å². The van der Waals surface area contributed by atoms with Crippen molar-refractivity contribution < 1.29 is 14.3 Å². The molecule has 108 valence electrons. The van der Waals surface area contributed by atoms with Gasteiger partial charge in [0.1, 0.15) is 12.4 Å². The Labute approximate surface area is 114 Å². The molecule has 0 saturated carbocycles. The highest BCUT2D eigenvalue weighted by Crippen LogP contribution is 2.36. The molecule has 1 heterocycles. The number of hydrogen-bond acceptors (Lipinski definition) is 4. The van der Waals surface area contributed by atoms with Crippen LogP contribution >= 0.6 is 0 Å². The quantitative estimate of drug-likeness (QED) is 0.839. The van der Waals surface area contributed by atoms with Crippen LogP contribution in [0.15, 0.2) is 0 Å². The predicted molar refractivity (Wildman–Crippen MR) is 74.4 cm³/mol. The lowest BCUT2D eigenvalue weighted by Crippen LogP contribution is -2.40. The first kappa shape index (κ1) is 15.8. The number of rotatable bonds is 5. The first-order valence-electron chi connectivity index (χ1n) is 6.29. The van der Waals surface area contributed by atoms with Crippen LogP contribution in [0.5, 0.6) is 0 Å². The maximum Gasteiger partial charge on any atom is 0.325 e. The molecule has 0 atom stereocenters. The largest absolute Gasteiger partial charge is 0.480 e. The molecule has 0 aliphatic carbocycles. The predicted octanol–water partition coefficient (Wildman–Crippen LogP) is 2.19. The highest BCUT2D eigenvalue weighted by molar-refractivity contribution is 6.74. The van der Waals surface area contributed by atoms with Crippen molar-refractivity contribution in [3.63, 3.8) is 0 Å². The Balaban J connectivity index is 2.72. The summed E-state index contributed by atoms with van der Waals surface area (Å²) in [6.45, 7) is 12.7. The molecule has 1 aromatic heterocycles. The van der Waals surface area contributed by atoms with E-state index in [9.17, 15) is 4.79 Å². The number of aliphatic carboxylic acids is 1. The summed E-state index contributed by atoms with van der Waals surface area (Å²) in [6, 6.07) is 0. The second-order valence-electron chi connectivity index (χ2n) is 6.18. The number of carboxylic acid groups (broad SMARTS) is 1. The molecule has 0 aliphatic heterocycles. The van der Waals surface area contributed by atoms with Crippen molar-refractivity contribution in [1.29, 1.82) is 0 Å². The van der Waals surface area contributed by atoms with Crippen molar-refractivity contribution in [3.8, 4) is 0 Å². The molecule has 0 spiro atoms. The fourth-order valence-corrected chi connectivity index (χ4v) is 2.20. The number of aryl methyl sites for hydroxylation is 1. The van der Waals surface area contributed by atoms with Crippen molar-refractivity contribution >= 4 is 14.3 Å². The van der Waals surface area contributed by atoms with Gasteiger partial charge in [0.2, 0.25) is 0 Å². The summed E-state index contributed by atoms with van der Waals surface area (Å²) < 4.78 is 7.39. The van der Waals surface area contributed by atoms with Crippen LogP contribution in [0.25, 0.3) is 0 Å². The van der Waals surface area contributed by atoms with E-state index in [1.165, 1.54) is 4.68 Å². The van der Waals surface area contributed by atoms with Gasteiger partial charge in [-0.05, 0) is 25.1 Å². The molecular formula is C12H23N3O3Si. The molecule has 0 amide bonds. The van der Waals surface area contributed by atoms with Crippen LogP contribution < -0.4 is 0 Å². The fourth-order valence-electron chi connectivity index (χ4n) is 1.28. The van der Waals surface area contributed by atoms with Crippen LogP contribution in [0.2, 0.25) is 18.1 Å². The van der Waals surface area contributed by atoms with Gasteiger partial charge in [0, 0.05) is 0 Å². The summed E-state index contributed by atoms with van der Waals surface area (Å²) in [7, 11) is -1.83. The van der Waals surface area contributed by atoms with Crippen molar-refractivity contribution in [1.82, 2.24) is 14.8 Å². The van der Waals surface area contributed by atoms with Crippen molar-refractivity contribution in [2.75, 3.05) is 0 Å². The number of carbonyl (C=O) groups is 1. The van der Waals surface area contributed by atoms with E-state index in [2.05, 4.69) is 43.9 Å². The van der Waals surface area contributed by atoms with E-state index in [0.29, 0.717) is 18.3 Å². The van der Waals surface area contributed by atoms with Crippen LogP contribution in [0.4, 0.5) is 0 Å². The van der Waals surface area contributed by atoms with Crippen molar-refractivity contribution in [2.45, 2.75) is 59.0 Å². The van der Waals surface area contributed by atoms with E-state index < -0.39 is 14.3 Å². The molecule has 0 unspecified atom stereocenters. The van der Waals surface area contributed by atoms with E-state index >= 15 is 0 Å². The van der Waals surface area contributed by atoms with Crippen molar-refractivity contribution in [2.24, 2.45) is 0 Å². The van der Waals surface area contributed by atoms with Gasteiger partial charge < -0.3 is 9.53 Å². The zero-order chi connectivity index (χ0) is 14.8. The lowest BCUT2D eigenvalue weighted by atomic mass is 10.2. The summed E-state index contributed by atoms with van der Waals surface area (Å²) in [4.78, 5) is 14.9. The molecule has 0 saturated heterocycles. The zero-order valence-corrected chi connectivity index (χ0v) is 13.5. The van der Waals surface area contributed by atoms with E-state index in [-0.39, 0.29) is 11.6 Å². The van der Waals surface area contributed by atoms with Gasteiger partial charge in [0.05, 0.1) is 6.61 Å². The minimum Gasteiger partial charge on any atom is -0.480 e. The Morgan fingerprint density at radius 2 is 2.00 bits per heavy atom. The molecule has 7 heteroatoms. The summed E-state index contributed by atoms with van der Waals surface area (Å²) in [5, 5.41) is 13.0. The Kier molecular flexibility index (Phi) is 4.52. The SMILES string of the molecule is Cc1nc(CO[Si](C)(C)C(C)(C)C)nn1CC(=O)O. The van der Waals surface area contributed by atoms with Gasteiger partial charge in [0.15, 0.2) is 14.1 Å². The van der Waals surface area contributed by atoms with Gasteiger partial charge in [-0.25, -0.2) is 9.67 Å². The first-order valence-corrected chi connectivity index (χ1v) is 9.20. The Morgan fingerprint density at radius 1 is 1.42 bits per heavy atom. The Bertz CT molecular complexity index is 463. The second kappa shape index (κ2) is 5.42. The highest BCUT2D eigenvalue weighted by atomic mass is 28.4. The molecule has 0 aromatic carbocycles. The molecule has 1 aromatic rings. The topological polar surface area (TPSA) is 77.2 Å². The monoisotopic (exact) mass is 285 g/mol. The summed E-state index contributed by atoms with van der Waals surface area (Å²) >= 11 is 0. The molecular weight excluding hydrogens is 262 g/mol. The lowest BCUT2D eigenvalue weighted by molar-refractivity contribution is -0.137. The van der Waals surface area contributed by atoms with E-state index in [0.717, 1.165) is 0 Å². The number of hydrogen-bond donors (Lipinski definition) is 1. The van der Waals surface area contributed by atoms with Crippen LogP contribution in [-0.4, -0.2) is 34.2 Å². The van der Waals surface area contributed by atoms with Gasteiger partial charge in [-0.3, -0.25) is 4.79 Å². The van der Waals surface area contributed by atoms with Gasteiger partial charge in [-0.15, -0.1) is 0 Å². The lowest BCUT2D eigenvalue weighted by Gasteiger charge is -2.35. The van der Waals surface area contributed by atoms with Gasteiger partial charge in [-0.2, -0.15) is 5.10 Å². The van der Waals surface area contributed by atoms with Gasteiger partial charge in [-0.1, -0.05) is 20.8 Å². The maximum atomic E-state index is 10.7. The zero-order valence-electron chi connectivity index (χ0n) is 12.5.